The number of carboxylic acid groups (broad SMARTS) is 2. The summed E-state index contributed by atoms with van der Waals surface area (Å²) in [5.41, 5.74) is -3.43. The number of nitrogens with one attached hydrogen (secondary N) is 1. The number of carbonyl (C=O) groups is 3. The number of hydrogen-bond acceptors (Lipinski definition) is 3. The monoisotopic (exact) mass is 299 g/mol. The summed E-state index contributed by atoms with van der Waals surface area (Å²) >= 11 is 0. The number of aliphatic carboxylic acids is 2. The first-order valence-corrected chi connectivity index (χ1v) is 7.24. The first-order chi connectivity index (χ1) is 9.49. The second-order valence-corrected chi connectivity index (χ2v) is 7.08. The van der Waals surface area contributed by atoms with Crippen LogP contribution in [0.15, 0.2) is 0 Å². The smallest absolute Gasteiger partial charge is 0.309 e. The highest BCUT2D eigenvalue weighted by molar-refractivity contribution is 5.87. The van der Waals surface area contributed by atoms with Gasteiger partial charge in [0, 0.05) is 12.0 Å². The Morgan fingerprint density at radius 2 is 1.29 bits per heavy atom. The second-order valence-electron chi connectivity index (χ2n) is 7.08. The van der Waals surface area contributed by atoms with Crippen molar-refractivity contribution in [3.8, 4) is 0 Å². The molecular weight excluding hydrogens is 274 g/mol. The maximum atomic E-state index is 12.4. The van der Waals surface area contributed by atoms with Crippen LogP contribution in [0.1, 0.15) is 53.4 Å². The molecule has 0 aromatic carbocycles. The van der Waals surface area contributed by atoms with Gasteiger partial charge in [0.15, 0.2) is 0 Å². The lowest BCUT2D eigenvalue weighted by molar-refractivity contribution is -0.169. The van der Waals surface area contributed by atoms with Crippen molar-refractivity contribution >= 4 is 17.8 Å². The molecule has 1 fully saturated rings. The lowest BCUT2D eigenvalue weighted by atomic mass is 9.54. The molecule has 6 heteroatoms. The predicted molar refractivity (Wildman–Crippen MR) is 76.7 cm³/mol. The molecule has 0 heterocycles. The van der Waals surface area contributed by atoms with Gasteiger partial charge in [-0.2, -0.15) is 0 Å². The molecule has 2 unspecified atom stereocenters. The van der Waals surface area contributed by atoms with Crippen LogP contribution in [0.3, 0.4) is 0 Å². The molecule has 6 nitrogen and oxygen atoms in total. The van der Waals surface area contributed by atoms with Crippen molar-refractivity contribution < 1.29 is 24.6 Å². The lowest BCUT2D eigenvalue weighted by Gasteiger charge is -2.48. The minimum atomic E-state index is -1.22. The number of carboxylic acids is 2. The van der Waals surface area contributed by atoms with Crippen molar-refractivity contribution in [3.05, 3.63) is 0 Å². The van der Waals surface area contributed by atoms with Gasteiger partial charge in [0.2, 0.25) is 5.91 Å². The molecule has 2 atom stereocenters. The normalized spacial score (nSPS) is 36.0. The van der Waals surface area contributed by atoms with E-state index >= 15 is 0 Å². The molecular formula is C15H25NO5. The van der Waals surface area contributed by atoms with Crippen LogP contribution in [0.2, 0.25) is 0 Å². The van der Waals surface area contributed by atoms with Crippen molar-refractivity contribution in [2.45, 2.75) is 53.4 Å². The highest BCUT2D eigenvalue weighted by Gasteiger charge is 2.57. The fourth-order valence-electron chi connectivity index (χ4n) is 3.69. The van der Waals surface area contributed by atoms with Crippen LogP contribution in [0.5, 0.6) is 0 Å². The maximum absolute atomic E-state index is 12.4. The number of hydrogen-bond donors (Lipinski definition) is 3. The van der Waals surface area contributed by atoms with Gasteiger partial charge in [-0.05, 0) is 39.5 Å². The summed E-state index contributed by atoms with van der Waals surface area (Å²) in [6, 6.07) is 0. The van der Waals surface area contributed by atoms with E-state index in [0.29, 0.717) is 6.54 Å². The summed E-state index contributed by atoms with van der Waals surface area (Å²) in [6.45, 7) is 7.15. The van der Waals surface area contributed by atoms with Crippen molar-refractivity contribution in [1.82, 2.24) is 5.32 Å². The van der Waals surface area contributed by atoms with Crippen LogP contribution in [-0.2, 0) is 14.4 Å². The van der Waals surface area contributed by atoms with Crippen molar-refractivity contribution in [2.24, 2.45) is 16.2 Å². The molecule has 0 radical (unpaired) electrons. The zero-order valence-electron chi connectivity index (χ0n) is 13.2. The Hall–Kier alpha value is -1.59. The molecule has 1 amide bonds. The highest BCUT2D eigenvalue weighted by Crippen LogP contribution is 2.54. The summed E-state index contributed by atoms with van der Waals surface area (Å²) in [6.07, 6.45) is 1.09. The van der Waals surface area contributed by atoms with Gasteiger partial charge in [-0.1, -0.05) is 13.8 Å². The molecule has 0 aromatic heterocycles. The highest BCUT2D eigenvalue weighted by atomic mass is 16.4. The van der Waals surface area contributed by atoms with Crippen LogP contribution < -0.4 is 5.32 Å². The third-order valence-corrected chi connectivity index (χ3v) is 4.46. The lowest BCUT2D eigenvalue weighted by Crippen LogP contribution is -2.54. The third kappa shape index (κ3) is 3.36. The summed E-state index contributed by atoms with van der Waals surface area (Å²) in [5, 5.41) is 21.7. The van der Waals surface area contributed by atoms with Crippen molar-refractivity contribution in [3.63, 3.8) is 0 Å². The van der Waals surface area contributed by atoms with E-state index in [4.69, 9.17) is 0 Å². The molecule has 1 aliphatic rings. The molecule has 120 valence electrons. The fourth-order valence-corrected chi connectivity index (χ4v) is 3.69. The van der Waals surface area contributed by atoms with Gasteiger partial charge in [0.1, 0.15) is 0 Å². The first kappa shape index (κ1) is 17.5. The number of carbonyl (C=O) groups excluding carboxylic acids is 1. The van der Waals surface area contributed by atoms with Gasteiger partial charge in [-0.25, -0.2) is 0 Å². The Morgan fingerprint density at radius 1 is 0.905 bits per heavy atom. The zero-order valence-corrected chi connectivity index (χ0v) is 13.2. The predicted octanol–water partition coefficient (Wildman–Crippen LogP) is 1.88. The standard InChI is InChI=1S/C15H25NO5/c1-5-6-16-10(17)13(2)7-14(3,11(18)19)9-15(4,8-13)12(20)21/h5-9H2,1-4H3,(H,16,17)(H,18,19)(H,20,21). The fraction of sp³-hybridized carbons (Fsp3) is 0.800. The molecule has 21 heavy (non-hydrogen) atoms. The van der Waals surface area contributed by atoms with Crippen LogP contribution in [-0.4, -0.2) is 34.6 Å². The maximum Gasteiger partial charge on any atom is 0.309 e. The second kappa shape index (κ2) is 5.66. The largest absolute Gasteiger partial charge is 0.481 e. The average molecular weight is 299 g/mol. The summed E-state index contributed by atoms with van der Waals surface area (Å²) < 4.78 is 0. The molecule has 0 saturated heterocycles. The van der Waals surface area contributed by atoms with Crippen LogP contribution in [0.25, 0.3) is 0 Å². The minimum Gasteiger partial charge on any atom is -0.481 e. The van der Waals surface area contributed by atoms with Gasteiger partial charge in [-0.3, -0.25) is 14.4 Å². The Morgan fingerprint density at radius 3 is 1.62 bits per heavy atom. The zero-order chi connectivity index (χ0) is 16.5. The van der Waals surface area contributed by atoms with E-state index in [1.807, 2.05) is 6.92 Å². The SMILES string of the molecule is CCCNC(=O)C1(C)CC(C)(C(=O)O)CC(C)(C(=O)O)C1. The average Bonchev–Trinajstić information content (AvgIpc) is 2.34. The van der Waals surface area contributed by atoms with E-state index < -0.39 is 28.2 Å². The van der Waals surface area contributed by atoms with Gasteiger partial charge in [-0.15, -0.1) is 0 Å². The summed E-state index contributed by atoms with van der Waals surface area (Å²) in [7, 11) is 0. The number of rotatable bonds is 5. The quantitative estimate of drug-likeness (QED) is 0.719. The topological polar surface area (TPSA) is 104 Å². The third-order valence-electron chi connectivity index (χ3n) is 4.46. The molecule has 1 aliphatic carbocycles. The molecule has 0 bridgehead atoms. The Labute approximate surface area is 124 Å². The summed E-state index contributed by atoms with van der Waals surface area (Å²) in [5.74, 6) is -2.36. The Kier molecular flexibility index (Phi) is 4.70. The molecule has 0 spiro atoms. The van der Waals surface area contributed by atoms with Crippen molar-refractivity contribution in [1.29, 1.82) is 0 Å². The van der Waals surface area contributed by atoms with Gasteiger partial charge >= 0.3 is 11.9 Å². The van der Waals surface area contributed by atoms with Gasteiger partial charge in [0.05, 0.1) is 10.8 Å². The molecule has 0 aromatic rings. The Bertz CT molecular complexity index is 433. The van der Waals surface area contributed by atoms with Gasteiger partial charge < -0.3 is 15.5 Å². The molecule has 1 rings (SSSR count). The van der Waals surface area contributed by atoms with Crippen LogP contribution >= 0.6 is 0 Å². The van der Waals surface area contributed by atoms with E-state index in [1.165, 1.54) is 13.8 Å². The Balaban J connectivity index is 3.18. The number of amides is 1. The van der Waals surface area contributed by atoms with E-state index in [1.54, 1.807) is 6.92 Å². The van der Waals surface area contributed by atoms with E-state index in [2.05, 4.69) is 5.32 Å². The van der Waals surface area contributed by atoms with E-state index in [-0.39, 0.29) is 25.2 Å². The van der Waals surface area contributed by atoms with Crippen LogP contribution in [0, 0.1) is 16.2 Å². The minimum absolute atomic E-state index is 0.0291. The molecule has 0 aliphatic heterocycles. The molecule has 3 N–H and O–H groups in total. The van der Waals surface area contributed by atoms with Gasteiger partial charge in [0.25, 0.3) is 0 Å². The summed E-state index contributed by atoms with van der Waals surface area (Å²) in [4.78, 5) is 35.6. The van der Waals surface area contributed by atoms with Crippen molar-refractivity contribution in [2.75, 3.05) is 6.54 Å². The van der Waals surface area contributed by atoms with E-state index in [0.717, 1.165) is 6.42 Å². The van der Waals surface area contributed by atoms with E-state index in [9.17, 15) is 24.6 Å². The first-order valence-electron chi connectivity index (χ1n) is 7.24. The molecule has 1 saturated carbocycles. The van der Waals surface area contributed by atoms with Crippen LogP contribution in [0.4, 0.5) is 0 Å².